The smallest absolute Gasteiger partial charge is 0.111 e. The van der Waals surface area contributed by atoms with Crippen LogP contribution in [0, 0.1) is 5.92 Å². The van der Waals surface area contributed by atoms with Crippen molar-refractivity contribution in [3.63, 3.8) is 0 Å². The average molecular weight is 401 g/mol. The third-order valence-corrected chi connectivity index (χ3v) is 6.46. The van der Waals surface area contributed by atoms with Crippen molar-refractivity contribution in [2.75, 3.05) is 6.61 Å². The standard InChI is InChI=1S/C24H48O4/c1-3-5-6-7-8-9-10-11-12-13-14-15-16-17-18-20(4-2)24-23(27)22(26)21(25)19-28-24/h20-27H,3-19H2,1-2H3/t20?,21-,22+,23-,24+/m1/s1. The van der Waals surface area contributed by atoms with Crippen LogP contribution < -0.4 is 0 Å². The highest BCUT2D eigenvalue weighted by Crippen LogP contribution is 2.28. The maximum atomic E-state index is 10.2. The molecular weight excluding hydrogens is 352 g/mol. The van der Waals surface area contributed by atoms with E-state index in [2.05, 4.69) is 13.8 Å². The Kier molecular flexibility index (Phi) is 15.4. The van der Waals surface area contributed by atoms with Gasteiger partial charge in [0.05, 0.1) is 12.7 Å². The first kappa shape index (κ1) is 25.9. The van der Waals surface area contributed by atoms with Crippen molar-refractivity contribution in [3.8, 4) is 0 Å². The Morgan fingerprint density at radius 3 is 1.61 bits per heavy atom. The summed E-state index contributed by atoms with van der Waals surface area (Å²) in [5.74, 6) is 0.259. The lowest BCUT2D eigenvalue weighted by molar-refractivity contribution is -0.201. The molecule has 1 saturated heterocycles. The molecule has 28 heavy (non-hydrogen) atoms. The minimum Gasteiger partial charge on any atom is -0.388 e. The quantitative estimate of drug-likeness (QED) is 0.287. The predicted molar refractivity (Wildman–Crippen MR) is 116 cm³/mol. The van der Waals surface area contributed by atoms with Gasteiger partial charge in [0.25, 0.3) is 0 Å². The van der Waals surface area contributed by atoms with E-state index in [-0.39, 0.29) is 18.6 Å². The van der Waals surface area contributed by atoms with Crippen molar-refractivity contribution in [3.05, 3.63) is 0 Å². The molecule has 0 aromatic carbocycles. The number of hydrogen-bond acceptors (Lipinski definition) is 4. The van der Waals surface area contributed by atoms with Gasteiger partial charge in [-0.3, -0.25) is 0 Å². The van der Waals surface area contributed by atoms with Gasteiger partial charge in [0.15, 0.2) is 0 Å². The summed E-state index contributed by atoms with van der Waals surface area (Å²) >= 11 is 0. The summed E-state index contributed by atoms with van der Waals surface area (Å²) < 4.78 is 5.64. The fourth-order valence-corrected chi connectivity index (χ4v) is 4.45. The van der Waals surface area contributed by atoms with Gasteiger partial charge in [0.2, 0.25) is 0 Å². The van der Waals surface area contributed by atoms with Crippen molar-refractivity contribution in [1.82, 2.24) is 0 Å². The largest absolute Gasteiger partial charge is 0.388 e. The van der Waals surface area contributed by atoms with Gasteiger partial charge in [-0.1, -0.05) is 110 Å². The molecule has 4 heteroatoms. The molecule has 0 aromatic heterocycles. The Bertz CT molecular complexity index is 349. The van der Waals surface area contributed by atoms with Crippen LogP contribution in [0.4, 0.5) is 0 Å². The lowest BCUT2D eigenvalue weighted by atomic mass is 9.85. The van der Waals surface area contributed by atoms with Crippen molar-refractivity contribution < 1.29 is 20.1 Å². The second-order valence-corrected chi connectivity index (χ2v) is 8.90. The van der Waals surface area contributed by atoms with Crippen LogP contribution in [-0.4, -0.2) is 46.3 Å². The van der Waals surface area contributed by atoms with Crippen LogP contribution in [0.25, 0.3) is 0 Å². The summed E-state index contributed by atoms with van der Waals surface area (Å²) in [6.45, 7) is 4.51. The molecule has 1 rings (SSSR count). The van der Waals surface area contributed by atoms with E-state index in [4.69, 9.17) is 4.74 Å². The highest BCUT2D eigenvalue weighted by molar-refractivity contribution is 4.89. The Hall–Kier alpha value is -0.160. The third-order valence-electron chi connectivity index (χ3n) is 6.46. The number of ether oxygens (including phenoxy) is 1. The number of aliphatic hydroxyl groups excluding tert-OH is 3. The van der Waals surface area contributed by atoms with Gasteiger partial charge in [-0.15, -0.1) is 0 Å². The number of hydrogen-bond donors (Lipinski definition) is 3. The zero-order valence-corrected chi connectivity index (χ0v) is 18.7. The van der Waals surface area contributed by atoms with Gasteiger partial charge in [0, 0.05) is 0 Å². The molecule has 1 heterocycles. The molecule has 168 valence electrons. The molecule has 0 saturated carbocycles. The lowest BCUT2D eigenvalue weighted by Gasteiger charge is -2.39. The van der Waals surface area contributed by atoms with Crippen molar-refractivity contribution in [2.45, 2.75) is 141 Å². The summed E-state index contributed by atoms with van der Waals surface area (Å²) in [6.07, 6.45) is 17.6. The van der Waals surface area contributed by atoms with Gasteiger partial charge >= 0.3 is 0 Å². The molecule has 3 N–H and O–H groups in total. The second kappa shape index (κ2) is 16.6. The van der Waals surface area contributed by atoms with Crippen LogP contribution in [0.15, 0.2) is 0 Å². The van der Waals surface area contributed by atoms with Crippen LogP contribution >= 0.6 is 0 Å². The summed E-state index contributed by atoms with van der Waals surface area (Å²) in [4.78, 5) is 0. The van der Waals surface area contributed by atoms with Crippen molar-refractivity contribution in [1.29, 1.82) is 0 Å². The zero-order chi connectivity index (χ0) is 20.6. The molecule has 0 spiro atoms. The molecule has 0 aromatic rings. The van der Waals surface area contributed by atoms with Gasteiger partial charge < -0.3 is 20.1 Å². The topological polar surface area (TPSA) is 69.9 Å². The molecule has 0 amide bonds. The zero-order valence-electron chi connectivity index (χ0n) is 18.7. The van der Waals surface area contributed by atoms with E-state index < -0.39 is 18.3 Å². The molecule has 1 aliphatic heterocycles. The number of aliphatic hydroxyl groups is 3. The van der Waals surface area contributed by atoms with Crippen LogP contribution in [0.2, 0.25) is 0 Å². The number of rotatable bonds is 17. The molecule has 1 aliphatic rings. The first-order chi connectivity index (χ1) is 13.6. The lowest BCUT2D eigenvalue weighted by Crippen LogP contribution is -2.55. The Morgan fingerprint density at radius 1 is 0.679 bits per heavy atom. The van der Waals surface area contributed by atoms with Gasteiger partial charge in [-0.2, -0.15) is 0 Å². The molecule has 1 unspecified atom stereocenters. The van der Waals surface area contributed by atoms with E-state index in [1.165, 1.54) is 83.5 Å². The van der Waals surface area contributed by atoms with Crippen LogP contribution in [0.5, 0.6) is 0 Å². The highest BCUT2D eigenvalue weighted by atomic mass is 16.5. The minimum atomic E-state index is -1.08. The first-order valence-corrected chi connectivity index (χ1v) is 12.3. The summed E-state index contributed by atoms with van der Waals surface area (Å²) in [5.41, 5.74) is 0. The third kappa shape index (κ3) is 10.6. The fraction of sp³-hybridized carbons (Fsp3) is 1.00. The van der Waals surface area contributed by atoms with Gasteiger partial charge in [-0.05, 0) is 12.3 Å². The van der Waals surface area contributed by atoms with E-state index in [9.17, 15) is 15.3 Å². The highest BCUT2D eigenvalue weighted by Gasteiger charge is 2.40. The molecule has 1 fully saturated rings. The van der Waals surface area contributed by atoms with Crippen LogP contribution in [0.3, 0.4) is 0 Å². The predicted octanol–water partition coefficient (Wildman–Crippen LogP) is 5.37. The minimum absolute atomic E-state index is 0.123. The summed E-state index contributed by atoms with van der Waals surface area (Å²) in [6, 6.07) is 0. The van der Waals surface area contributed by atoms with E-state index >= 15 is 0 Å². The summed E-state index contributed by atoms with van der Waals surface area (Å²) in [5, 5.41) is 29.7. The monoisotopic (exact) mass is 400 g/mol. The molecular formula is C24H48O4. The van der Waals surface area contributed by atoms with Crippen LogP contribution in [0.1, 0.15) is 117 Å². The Morgan fingerprint density at radius 2 is 1.14 bits per heavy atom. The van der Waals surface area contributed by atoms with E-state index in [0.717, 1.165) is 19.3 Å². The van der Waals surface area contributed by atoms with E-state index in [1.54, 1.807) is 0 Å². The maximum absolute atomic E-state index is 10.2. The van der Waals surface area contributed by atoms with Crippen molar-refractivity contribution in [2.24, 2.45) is 5.92 Å². The Balaban J connectivity index is 1.96. The van der Waals surface area contributed by atoms with Crippen LogP contribution in [-0.2, 0) is 4.74 Å². The average Bonchev–Trinajstić information content (AvgIpc) is 2.70. The van der Waals surface area contributed by atoms with Gasteiger partial charge in [-0.25, -0.2) is 0 Å². The summed E-state index contributed by atoms with van der Waals surface area (Å²) in [7, 11) is 0. The molecule has 5 atom stereocenters. The fourth-order valence-electron chi connectivity index (χ4n) is 4.45. The first-order valence-electron chi connectivity index (χ1n) is 12.3. The molecule has 4 nitrogen and oxygen atoms in total. The van der Waals surface area contributed by atoms with Gasteiger partial charge in [0.1, 0.15) is 18.3 Å². The molecule has 0 bridgehead atoms. The maximum Gasteiger partial charge on any atom is 0.111 e. The van der Waals surface area contributed by atoms with E-state index in [0.29, 0.717) is 0 Å². The SMILES string of the molecule is CCCCCCCCCCCCCCCCC(CC)[C@@H]1OC[C@@H](O)[C@H](O)[C@H]1O. The number of unbranched alkanes of at least 4 members (excludes halogenated alkanes) is 13. The van der Waals surface area contributed by atoms with E-state index in [1.807, 2.05) is 0 Å². The molecule has 0 radical (unpaired) electrons. The second-order valence-electron chi connectivity index (χ2n) is 8.90. The normalized spacial score (nSPS) is 26.5. The molecule has 0 aliphatic carbocycles. The van der Waals surface area contributed by atoms with Crippen molar-refractivity contribution >= 4 is 0 Å². The Labute approximate surface area is 174 Å².